The minimum absolute atomic E-state index is 0.0645. The van der Waals surface area contributed by atoms with Gasteiger partial charge in [0, 0.05) is 11.6 Å². The van der Waals surface area contributed by atoms with Gasteiger partial charge in [0.2, 0.25) is 0 Å². The molecule has 0 aliphatic carbocycles. The summed E-state index contributed by atoms with van der Waals surface area (Å²) in [7, 11) is -0.408. The highest BCUT2D eigenvalue weighted by molar-refractivity contribution is 7.89. The number of sulfonamides is 1. The number of hydrogen-bond acceptors (Lipinski definition) is 7. The lowest BCUT2D eigenvalue weighted by atomic mass is 10.1. The molecule has 0 atom stereocenters. The number of nitrogens with one attached hydrogen (secondary N) is 2. The van der Waals surface area contributed by atoms with E-state index < -0.39 is 21.9 Å². The Kier molecular flexibility index (Phi) is 7.56. The minimum atomic E-state index is -4.26. The summed E-state index contributed by atoms with van der Waals surface area (Å²) in [6.45, 7) is 1.73. The molecule has 0 aliphatic rings. The maximum atomic E-state index is 12.9. The van der Waals surface area contributed by atoms with Crippen LogP contribution in [-0.2, 0) is 19.6 Å². The summed E-state index contributed by atoms with van der Waals surface area (Å²) in [5, 5.41) is 0. The fourth-order valence-electron chi connectivity index (χ4n) is 2.54. The number of amides is 1. The fraction of sp³-hybridized carbons (Fsp3) is 0.200. The van der Waals surface area contributed by atoms with Crippen molar-refractivity contribution in [3.63, 3.8) is 0 Å². The van der Waals surface area contributed by atoms with Crippen molar-refractivity contribution in [3.8, 4) is 11.5 Å². The first kappa shape index (κ1) is 22.9. The number of esters is 1. The van der Waals surface area contributed by atoms with Crippen molar-refractivity contribution in [1.29, 1.82) is 0 Å². The lowest BCUT2D eigenvalue weighted by Crippen LogP contribution is -2.41. The normalized spacial score (nSPS) is 11.2. The number of ether oxygens (including phenoxy) is 3. The van der Waals surface area contributed by atoms with Gasteiger partial charge in [-0.2, -0.15) is 0 Å². The standard InChI is InChI=1S/C20H22N2O7S/c1-13-7-5-6-8-15(13)20(24)21-22-30(25,26)17-12-14(9-10-18(23)28-3)11-16(27-2)19(17)29-4/h5-12,22H,1-4H3,(H,21,24)/b10-9+. The number of carbonyl (C=O) groups is 2. The van der Waals surface area contributed by atoms with Crippen LogP contribution in [0.5, 0.6) is 11.5 Å². The maximum Gasteiger partial charge on any atom is 0.330 e. The van der Waals surface area contributed by atoms with Crippen molar-refractivity contribution in [2.24, 2.45) is 0 Å². The average molecular weight is 434 g/mol. The van der Waals surface area contributed by atoms with Crippen LogP contribution in [-0.4, -0.2) is 41.6 Å². The SMILES string of the molecule is COC(=O)/C=C/c1cc(OC)c(OC)c(S(=O)(=O)NNC(=O)c2ccccc2C)c1. The Balaban J connectivity index is 2.38. The van der Waals surface area contributed by atoms with Crippen LogP contribution < -0.4 is 19.7 Å². The zero-order valence-corrected chi connectivity index (χ0v) is 17.7. The highest BCUT2D eigenvalue weighted by Gasteiger charge is 2.24. The molecule has 0 fully saturated rings. The Morgan fingerprint density at radius 1 is 1.03 bits per heavy atom. The zero-order valence-electron chi connectivity index (χ0n) is 16.9. The van der Waals surface area contributed by atoms with E-state index in [4.69, 9.17) is 9.47 Å². The molecule has 10 heteroatoms. The van der Waals surface area contributed by atoms with Gasteiger partial charge in [0.15, 0.2) is 11.5 Å². The number of hydrazine groups is 1. The Bertz CT molecular complexity index is 1080. The van der Waals surface area contributed by atoms with Gasteiger partial charge in [-0.1, -0.05) is 18.2 Å². The topological polar surface area (TPSA) is 120 Å². The summed E-state index contributed by atoms with van der Waals surface area (Å²) in [4.78, 5) is 25.4. The van der Waals surface area contributed by atoms with Gasteiger partial charge in [-0.15, -0.1) is 4.83 Å². The van der Waals surface area contributed by atoms with Crippen molar-refractivity contribution in [2.75, 3.05) is 21.3 Å². The third-order valence-corrected chi connectivity index (χ3v) is 5.31. The lowest BCUT2D eigenvalue weighted by molar-refractivity contribution is -0.134. The molecule has 0 heterocycles. The Morgan fingerprint density at radius 2 is 1.73 bits per heavy atom. The van der Waals surface area contributed by atoms with Crippen molar-refractivity contribution in [2.45, 2.75) is 11.8 Å². The smallest absolute Gasteiger partial charge is 0.330 e. The van der Waals surface area contributed by atoms with E-state index in [0.717, 1.165) is 6.08 Å². The minimum Gasteiger partial charge on any atom is -0.493 e. The molecule has 0 saturated heterocycles. The molecule has 1 amide bonds. The van der Waals surface area contributed by atoms with Crippen LogP contribution in [0.15, 0.2) is 47.4 Å². The summed E-state index contributed by atoms with van der Waals surface area (Å²) in [6, 6.07) is 9.49. The molecule has 2 aromatic rings. The average Bonchev–Trinajstić information content (AvgIpc) is 2.75. The number of methoxy groups -OCH3 is 3. The Morgan fingerprint density at radius 3 is 2.33 bits per heavy atom. The molecule has 2 aromatic carbocycles. The molecule has 160 valence electrons. The summed E-state index contributed by atoms with van der Waals surface area (Å²) in [5.41, 5.74) is 3.52. The second-order valence-electron chi connectivity index (χ2n) is 5.99. The Hall–Kier alpha value is -3.37. The molecule has 0 bridgehead atoms. The van der Waals surface area contributed by atoms with E-state index in [-0.39, 0.29) is 16.4 Å². The Labute approximate surface area is 174 Å². The largest absolute Gasteiger partial charge is 0.493 e. The van der Waals surface area contributed by atoms with Gasteiger partial charge in [-0.05, 0) is 42.3 Å². The first-order valence-electron chi connectivity index (χ1n) is 8.63. The van der Waals surface area contributed by atoms with E-state index in [0.29, 0.717) is 16.7 Å². The number of carbonyl (C=O) groups excluding carboxylic acids is 2. The molecule has 0 radical (unpaired) electrons. The van der Waals surface area contributed by atoms with Crippen LogP contribution in [0.3, 0.4) is 0 Å². The number of rotatable bonds is 8. The highest BCUT2D eigenvalue weighted by atomic mass is 32.2. The third-order valence-electron chi connectivity index (χ3n) is 4.06. The van der Waals surface area contributed by atoms with Crippen LogP contribution in [0, 0.1) is 6.92 Å². The van der Waals surface area contributed by atoms with E-state index >= 15 is 0 Å². The van der Waals surface area contributed by atoms with Gasteiger partial charge in [-0.3, -0.25) is 10.2 Å². The van der Waals surface area contributed by atoms with E-state index in [2.05, 4.69) is 15.0 Å². The first-order chi connectivity index (χ1) is 14.2. The maximum absolute atomic E-state index is 12.9. The van der Waals surface area contributed by atoms with Gasteiger partial charge < -0.3 is 14.2 Å². The van der Waals surface area contributed by atoms with Crippen LogP contribution in [0.25, 0.3) is 6.08 Å². The predicted molar refractivity (Wildman–Crippen MR) is 110 cm³/mol. The highest BCUT2D eigenvalue weighted by Crippen LogP contribution is 2.35. The quantitative estimate of drug-likeness (QED) is 0.369. The molecule has 9 nitrogen and oxygen atoms in total. The van der Waals surface area contributed by atoms with Gasteiger partial charge in [-0.25, -0.2) is 13.2 Å². The molecular weight excluding hydrogens is 412 g/mol. The predicted octanol–water partition coefficient (Wildman–Crippen LogP) is 1.82. The molecule has 0 aromatic heterocycles. The van der Waals surface area contributed by atoms with Crippen LogP contribution in [0.4, 0.5) is 0 Å². The van der Waals surface area contributed by atoms with E-state index in [9.17, 15) is 18.0 Å². The monoisotopic (exact) mass is 434 g/mol. The first-order valence-corrected chi connectivity index (χ1v) is 10.1. The van der Waals surface area contributed by atoms with Crippen molar-refractivity contribution >= 4 is 28.0 Å². The number of benzene rings is 2. The second-order valence-corrected chi connectivity index (χ2v) is 7.64. The van der Waals surface area contributed by atoms with E-state index in [1.807, 2.05) is 0 Å². The van der Waals surface area contributed by atoms with E-state index in [1.54, 1.807) is 31.2 Å². The van der Waals surface area contributed by atoms with E-state index in [1.165, 1.54) is 39.5 Å². The fourth-order valence-corrected chi connectivity index (χ4v) is 3.60. The molecule has 0 aliphatic heterocycles. The molecule has 30 heavy (non-hydrogen) atoms. The summed E-state index contributed by atoms with van der Waals surface area (Å²) in [6.07, 6.45) is 2.49. The van der Waals surface area contributed by atoms with Crippen LogP contribution in [0.2, 0.25) is 0 Å². The summed E-state index contributed by atoms with van der Waals surface area (Å²) in [5.74, 6) is -1.18. The van der Waals surface area contributed by atoms with Gasteiger partial charge in [0.1, 0.15) is 4.90 Å². The molecule has 2 rings (SSSR count). The second kappa shape index (κ2) is 9.90. The summed E-state index contributed by atoms with van der Waals surface area (Å²) >= 11 is 0. The molecule has 2 N–H and O–H groups in total. The van der Waals surface area contributed by atoms with Crippen molar-refractivity contribution < 1.29 is 32.2 Å². The molecule has 0 unspecified atom stereocenters. The number of hydrogen-bond donors (Lipinski definition) is 2. The zero-order chi connectivity index (χ0) is 22.3. The van der Waals surface area contributed by atoms with Crippen LogP contribution >= 0.6 is 0 Å². The lowest BCUT2D eigenvalue weighted by Gasteiger charge is -2.15. The number of aryl methyl sites for hydroxylation is 1. The van der Waals surface area contributed by atoms with Crippen molar-refractivity contribution in [3.05, 3.63) is 59.2 Å². The third kappa shape index (κ3) is 5.37. The summed E-state index contributed by atoms with van der Waals surface area (Å²) < 4.78 is 40.7. The molecular formula is C20H22N2O7S. The van der Waals surface area contributed by atoms with Gasteiger partial charge in [0.05, 0.1) is 21.3 Å². The van der Waals surface area contributed by atoms with Crippen molar-refractivity contribution in [1.82, 2.24) is 10.3 Å². The van der Waals surface area contributed by atoms with Crippen LogP contribution in [0.1, 0.15) is 21.5 Å². The van der Waals surface area contributed by atoms with Gasteiger partial charge >= 0.3 is 5.97 Å². The van der Waals surface area contributed by atoms with Gasteiger partial charge in [0.25, 0.3) is 15.9 Å². The molecule has 0 spiro atoms. The molecule has 0 saturated carbocycles.